The van der Waals surface area contributed by atoms with Gasteiger partial charge in [-0.25, -0.2) is 0 Å². The summed E-state index contributed by atoms with van der Waals surface area (Å²) in [5, 5.41) is 0. The van der Waals surface area contributed by atoms with Crippen LogP contribution in [0.1, 0.15) is 19.8 Å². The Morgan fingerprint density at radius 2 is 2.17 bits per heavy atom. The summed E-state index contributed by atoms with van der Waals surface area (Å²) in [5.41, 5.74) is 1.36. The van der Waals surface area contributed by atoms with Gasteiger partial charge in [0.15, 0.2) is 0 Å². The number of benzene rings is 1. The largest absolute Gasteiger partial charge is 0.366 e. The Kier molecular flexibility index (Phi) is 3.87. The molecule has 0 aliphatic carbocycles. The maximum Gasteiger partial charge on any atom is 0.0389 e. The third kappa shape index (κ3) is 2.43. The minimum Gasteiger partial charge on any atom is -0.366 e. The van der Waals surface area contributed by atoms with Crippen molar-refractivity contribution in [2.24, 2.45) is 0 Å². The first-order valence-electron chi connectivity index (χ1n) is 6.61. The van der Waals surface area contributed by atoms with E-state index in [1.807, 2.05) is 0 Å². The lowest BCUT2D eigenvalue weighted by Gasteiger charge is -2.43. The SMILES string of the molecule is CC1CN2CCCC2CN1c1ccc(I)c(Br)c1. The number of rotatable bonds is 1. The number of halogens is 2. The summed E-state index contributed by atoms with van der Waals surface area (Å²) in [6.45, 7) is 6.06. The lowest BCUT2D eigenvalue weighted by Crippen LogP contribution is -2.55. The Hall–Kier alpha value is 0.190. The summed E-state index contributed by atoms with van der Waals surface area (Å²) in [5.74, 6) is 0. The fraction of sp³-hybridized carbons (Fsp3) is 0.571. The molecule has 0 saturated carbocycles. The van der Waals surface area contributed by atoms with Crippen LogP contribution in [0.2, 0.25) is 0 Å². The van der Waals surface area contributed by atoms with E-state index in [0.717, 1.165) is 6.04 Å². The van der Waals surface area contributed by atoms with Crippen LogP contribution in [0.25, 0.3) is 0 Å². The fourth-order valence-corrected chi connectivity index (χ4v) is 3.91. The van der Waals surface area contributed by atoms with Crippen LogP contribution in [0.15, 0.2) is 22.7 Å². The third-order valence-electron chi connectivity index (χ3n) is 4.17. The van der Waals surface area contributed by atoms with Crippen LogP contribution in [-0.2, 0) is 0 Å². The molecule has 2 heterocycles. The van der Waals surface area contributed by atoms with Crippen LogP contribution in [0.3, 0.4) is 0 Å². The molecule has 0 amide bonds. The van der Waals surface area contributed by atoms with Crippen molar-refractivity contribution in [3.63, 3.8) is 0 Å². The molecule has 2 aliphatic rings. The molecule has 0 bridgehead atoms. The summed E-state index contributed by atoms with van der Waals surface area (Å²) < 4.78 is 2.49. The van der Waals surface area contributed by atoms with E-state index < -0.39 is 0 Å². The predicted octanol–water partition coefficient (Wildman–Crippen LogP) is 3.73. The third-order valence-corrected chi connectivity index (χ3v) is 6.51. The van der Waals surface area contributed by atoms with Crippen molar-refractivity contribution in [1.29, 1.82) is 0 Å². The highest BCUT2D eigenvalue weighted by Crippen LogP contribution is 2.31. The van der Waals surface area contributed by atoms with Gasteiger partial charge in [0.25, 0.3) is 0 Å². The first kappa shape index (κ1) is 13.2. The van der Waals surface area contributed by atoms with Crippen molar-refractivity contribution in [2.75, 3.05) is 24.5 Å². The van der Waals surface area contributed by atoms with E-state index in [1.54, 1.807) is 0 Å². The zero-order valence-electron chi connectivity index (χ0n) is 10.6. The summed E-state index contributed by atoms with van der Waals surface area (Å²) in [6.07, 6.45) is 2.75. The molecule has 0 radical (unpaired) electrons. The van der Waals surface area contributed by atoms with Gasteiger partial charge in [0.1, 0.15) is 0 Å². The quantitative estimate of drug-likeness (QED) is 0.638. The molecule has 18 heavy (non-hydrogen) atoms. The molecule has 98 valence electrons. The first-order chi connectivity index (χ1) is 8.65. The molecule has 0 aromatic heterocycles. The van der Waals surface area contributed by atoms with Gasteiger partial charge in [0.05, 0.1) is 0 Å². The molecule has 2 nitrogen and oxygen atoms in total. The molecule has 2 atom stereocenters. The first-order valence-corrected chi connectivity index (χ1v) is 8.48. The van der Waals surface area contributed by atoms with Crippen LogP contribution >= 0.6 is 38.5 Å². The number of fused-ring (bicyclic) bond motifs is 1. The molecule has 2 aliphatic heterocycles. The Bertz CT molecular complexity index is 451. The molecule has 0 N–H and O–H groups in total. The lowest BCUT2D eigenvalue weighted by atomic mass is 10.1. The highest BCUT2D eigenvalue weighted by Gasteiger charge is 2.34. The topological polar surface area (TPSA) is 6.48 Å². The maximum atomic E-state index is 3.64. The van der Waals surface area contributed by atoms with E-state index in [1.165, 1.54) is 46.2 Å². The van der Waals surface area contributed by atoms with E-state index in [4.69, 9.17) is 0 Å². The second-order valence-electron chi connectivity index (χ2n) is 5.39. The minimum atomic E-state index is 0.617. The Morgan fingerprint density at radius 1 is 1.33 bits per heavy atom. The standard InChI is InChI=1S/C14H18BrIN2/c1-10-8-17-6-2-3-12(17)9-18(10)11-4-5-14(16)13(15)7-11/h4-5,7,10,12H,2-3,6,8-9H2,1H3. The van der Waals surface area contributed by atoms with Crippen molar-refractivity contribution in [3.05, 3.63) is 26.2 Å². The van der Waals surface area contributed by atoms with Crippen LogP contribution in [-0.4, -0.2) is 36.6 Å². The molecule has 2 fully saturated rings. The molecular formula is C14H18BrIN2. The summed E-state index contributed by atoms with van der Waals surface area (Å²) in [4.78, 5) is 5.25. The average molecular weight is 421 g/mol. The van der Waals surface area contributed by atoms with Gasteiger partial charge < -0.3 is 4.90 Å². The van der Waals surface area contributed by atoms with Crippen LogP contribution in [0, 0.1) is 3.57 Å². The number of hydrogen-bond acceptors (Lipinski definition) is 2. The zero-order chi connectivity index (χ0) is 12.7. The zero-order valence-corrected chi connectivity index (χ0v) is 14.3. The van der Waals surface area contributed by atoms with Gasteiger partial charge in [-0.15, -0.1) is 0 Å². The monoisotopic (exact) mass is 420 g/mol. The summed E-state index contributed by atoms with van der Waals surface area (Å²) in [7, 11) is 0. The van der Waals surface area contributed by atoms with E-state index in [-0.39, 0.29) is 0 Å². The molecule has 2 unspecified atom stereocenters. The van der Waals surface area contributed by atoms with Crippen LogP contribution < -0.4 is 4.90 Å². The number of piperazine rings is 1. The van der Waals surface area contributed by atoms with E-state index in [9.17, 15) is 0 Å². The van der Waals surface area contributed by atoms with Gasteiger partial charge in [-0.05, 0) is 83.0 Å². The Labute approximate surface area is 131 Å². The van der Waals surface area contributed by atoms with E-state index in [2.05, 4.69) is 73.4 Å². The Balaban J connectivity index is 1.84. The number of anilines is 1. The van der Waals surface area contributed by atoms with Gasteiger partial charge in [-0.3, -0.25) is 4.90 Å². The summed E-state index contributed by atoms with van der Waals surface area (Å²) >= 11 is 6.01. The highest BCUT2D eigenvalue weighted by atomic mass is 127. The molecule has 1 aromatic carbocycles. The lowest BCUT2D eigenvalue weighted by molar-refractivity contribution is 0.203. The van der Waals surface area contributed by atoms with Crippen molar-refractivity contribution in [3.8, 4) is 0 Å². The van der Waals surface area contributed by atoms with E-state index >= 15 is 0 Å². The smallest absolute Gasteiger partial charge is 0.0389 e. The van der Waals surface area contributed by atoms with Crippen molar-refractivity contribution in [2.45, 2.75) is 31.8 Å². The minimum absolute atomic E-state index is 0.617. The van der Waals surface area contributed by atoms with Gasteiger partial charge in [0, 0.05) is 38.9 Å². The molecule has 2 saturated heterocycles. The molecule has 3 rings (SSSR count). The summed E-state index contributed by atoms with van der Waals surface area (Å²) in [6, 6.07) is 8.12. The second kappa shape index (κ2) is 5.29. The number of hydrogen-bond donors (Lipinski definition) is 0. The van der Waals surface area contributed by atoms with Gasteiger partial charge in [0.2, 0.25) is 0 Å². The van der Waals surface area contributed by atoms with Crippen LogP contribution in [0.4, 0.5) is 5.69 Å². The van der Waals surface area contributed by atoms with Crippen LogP contribution in [0.5, 0.6) is 0 Å². The Morgan fingerprint density at radius 3 is 2.94 bits per heavy atom. The van der Waals surface area contributed by atoms with Gasteiger partial charge >= 0.3 is 0 Å². The molecule has 1 aromatic rings. The average Bonchev–Trinajstić information content (AvgIpc) is 2.79. The fourth-order valence-electron chi connectivity index (χ4n) is 3.21. The highest BCUT2D eigenvalue weighted by molar-refractivity contribution is 14.1. The molecular weight excluding hydrogens is 403 g/mol. The van der Waals surface area contributed by atoms with Crippen molar-refractivity contribution < 1.29 is 0 Å². The normalized spacial score (nSPS) is 28.5. The van der Waals surface area contributed by atoms with Gasteiger partial charge in [-0.1, -0.05) is 0 Å². The number of nitrogens with zero attached hydrogens (tertiary/aromatic N) is 2. The van der Waals surface area contributed by atoms with Crippen molar-refractivity contribution >= 4 is 44.2 Å². The van der Waals surface area contributed by atoms with E-state index in [0.29, 0.717) is 6.04 Å². The van der Waals surface area contributed by atoms with Gasteiger partial charge in [-0.2, -0.15) is 0 Å². The second-order valence-corrected chi connectivity index (χ2v) is 7.41. The van der Waals surface area contributed by atoms with Crippen molar-refractivity contribution in [1.82, 2.24) is 4.90 Å². The maximum absolute atomic E-state index is 3.64. The molecule has 0 spiro atoms. The molecule has 4 heteroatoms. The predicted molar refractivity (Wildman–Crippen MR) is 88.3 cm³/mol.